The number of hydrogen-bond donors (Lipinski definition) is 0. The first-order chi connectivity index (χ1) is 14.5. The highest BCUT2D eigenvalue weighted by Gasteiger charge is 2.22. The van der Waals surface area contributed by atoms with Crippen LogP contribution < -0.4 is 9.47 Å². The molecule has 0 bridgehead atoms. The molecule has 1 fully saturated rings. The Morgan fingerprint density at radius 3 is 2.70 bits per heavy atom. The van der Waals surface area contributed by atoms with Crippen LogP contribution in [0.4, 0.5) is 5.69 Å². The third-order valence-electron chi connectivity index (χ3n) is 4.79. The molecule has 1 aromatic carbocycles. The number of likely N-dealkylation sites (tertiary alicyclic amines) is 1. The molecular formula is C21H25N3O6. The Labute approximate surface area is 174 Å². The molecular weight excluding hydrogens is 390 g/mol. The van der Waals surface area contributed by atoms with E-state index < -0.39 is 4.92 Å². The average molecular weight is 415 g/mol. The first kappa shape index (κ1) is 21.4. The predicted molar refractivity (Wildman–Crippen MR) is 110 cm³/mol. The highest BCUT2D eigenvalue weighted by molar-refractivity contribution is 5.78. The van der Waals surface area contributed by atoms with Crippen LogP contribution in [0.15, 0.2) is 22.7 Å². The largest absolute Gasteiger partial charge is 0.490 e. The molecule has 1 aliphatic heterocycles. The maximum absolute atomic E-state index is 12.3. The highest BCUT2D eigenvalue weighted by Crippen LogP contribution is 2.30. The molecule has 0 radical (unpaired) electrons. The van der Waals surface area contributed by atoms with Crippen LogP contribution in [0.3, 0.4) is 0 Å². The quantitative estimate of drug-likeness (QED) is 0.476. The molecule has 0 aliphatic carbocycles. The van der Waals surface area contributed by atoms with Gasteiger partial charge in [-0.2, -0.15) is 0 Å². The van der Waals surface area contributed by atoms with Crippen LogP contribution in [0, 0.1) is 17.0 Å². The second-order valence-corrected chi connectivity index (χ2v) is 6.94. The molecule has 1 aromatic heterocycles. The van der Waals surface area contributed by atoms with E-state index in [4.69, 9.17) is 14.0 Å². The summed E-state index contributed by atoms with van der Waals surface area (Å²) in [5, 5.41) is 14.8. The lowest BCUT2D eigenvalue weighted by Crippen LogP contribution is -2.38. The van der Waals surface area contributed by atoms with Gasteiger partial charge < -0.3 is 18.9 Å². The molecule has 0 saturated carbocycles. The second kappa shape index (κ2) is 9.91. The molecule has 2 aromatic rings. The number of rotatable bonds is 8. The number of piperidine rings is 1. The summed E-state index contributed by atoms with van der Waals surface area (Å²) < 4.78 is 16.4. The number of ether oxygens (including phenoxy) is 2. The number of aryl methyl sites for hydroxylation is 1. The number of nitrogens with zero attached hydrogens (tertiary/aromatic N) is 3. The molecule has 1 saturated heterocycles. The minimum atomic E-state index is -0.520. The van der Waals surface area contributed by atoms with Crippen LogP contribution in [0.2, 0.25) is 0 Å². The van der Waals surface area contributed by atoms with Gasteiger partial charge in [-0.05, 0) is 56.9 Å². The molecule has 160 valence electrons. The summed E-state index contributed by atoms with van der Waals surface area (Å²) in [6, 6.07) is 5.23. The van der Waals surface area contributed by atoms with Crippen molar-refractivity contribution in [1.82, 2.24) is 10.1 Å². The number of carbonyl (C=O) groups excluding carboxylic acids is 1. The zero-order valence-corrected chi connectivity index (χ0v) is 17.1. The summed E-state index contributed by atoms with van der Waals surface area (Å²) in [5.74, 6) is 1.01. The Morgan fingerprint density at radius 2 is 2.00 bits per heavy atom. The summed E-state index contributed by atoms with van der Waals surface area (Å²) in [5.41, 5.74) is 0.792. The fourth-order valence-electron chi connectivity index (χ4n) is 3.28. The maximum Gasteiger partial charge on any atom is 0.338 e. The van der Waals surface area contributed by atoms with Crippen molar-refractivity contribution < 1.29 is 23.7 Å². The van der Waals surface area contributed by atoms with E-state index in [-0.39, 0.29) is 29.7 Å². The van der Waals surface area contributed by atoms with Gasteiger partial charge >= 0.3 is 5.69 Å². The van der Waals surface area contributed by atoms with Crippen molar-refractivity contribution in [3.63, 3.8) is 0 Å². The van der Waals surface area contributed by atoms with Crippen LogP contribution in [-0.4, -0.2) is 47.2 Å². The van der Waals surface area contributed by atoms with Crippen LogP contribution >= 0.6 is 0 Å². The van der Waals surface area contributed by atoms with Crippen LogP contribution in [0.1, 0.15) is 43.2 Å². The van der Waals surface area contributed by atoms with E-state index in [0.717, 1.165) is 37.9 Å². The van der Waals surface area contributed by atoms with E-state index in [9.17, 15) is 14.9 Å². The van der Waals surface area contributed by atoms with Crippen LogP contribution in [0.5, 0.6) is 11.5 Å². The smallest absolute Gasteiger partial charge is 0.338 e. The van der Waals surface area contributed by atoms with Crippen LogP contribution in [0.25, 0.3) is 12.2 Å². The Bertz CT molecular complexity index is 931. The number of benzene rings is 1. The average Bonchev–Trinajstić information content (AvgIpc) is 3.12. The summed E-state index contributed by atoms with van der Waals surface area (Å²) in [7, 11) is 0. The Balaban J connectivity index is 1.71. The third kappa shape index (κ3) is 5.16. The second-order valence-electron chi connectivity index (χ2n) is 6.94. The summed E-state index contributed by atoms with van der Waals surface area (Å²) in [4.78, 5) is 24.8. The van der Waals surface area contributed by atoms with Crippen molar-refractivity contribution in [2.75, 3.05) is 26.3 Å². The van der Waals surface area contributed by atoms with Gasteiger partial charge in [-0.1, -0.05) is 17.3 Å². The SMILES string of the molecule is CCOc1cc(/C=C/c2onc(C)c2[N+](=O)[O-])ccc1OCC(=O)N1CCCCC1. The van der Waals surface area contributed by atoms with E-state index in [1.165, 1.54) is 13.0 Å². The minimum absolute atomic E-state index is 0.0332. The number of hydrogen-bond acceptors (Lipinski definition) is 7. The van der Waals surface area contributed by atoms with E-state index in [2.05, 4.69) is 5.16 Å². The van der Waals surface area contributed by atoms with Gasteiger partial charge in [0.05, 0.1) is 11.5 Å². The summed E-state index contributed by atoms with van der Waals surface area (Å²) >= 11 is 0. The summed E-state index contributed by atoms with van der Waals surface area (Å²) in [6.07, 6.45) is 6.37. The molecule has 9 heteroatoms. The lowest BCUT2D eigenvalue weighted by molar-refractivity contribution is -0.386. The normalized spacial score (nSPS) is 14.1. The fourth-order valence-corrected chi connectivity index (χ4v) is 3.28. The van der Waals surface area contributed by atoms with Gasteiger partial charge in [0.25, 0.3) is 5.91 Å². The van der Waals surface area contributed by atoms with Crippen molar-refractivity contribution >= 4 is 23.7 Å². The fraction of sp³-hybridized carbons (Fsp3) is 0.429. The van der Waals surface area contributed by atoms with Crippen molar-refractivity contribution in [3.05, 3.63) is 45.3 Å². The Hall–Kier alpha value is -3.36. The standard InChI is InChI=1S/C21H25N3O6/c1-3-28-19-13-16(8-10-18-21(24(26)27)15(2)22-30-18)7-9-17(19)29-14-20(25)23-11-5-4-6-12-23/h7-10,13H,3-6,11-12,14H2,1-2H3/b10-8+. The first-order valence-electron chi connectivity index (χ1n) is 9.95. The molecule has 3 rings (SSSR count). The Morgan fingerprint density at radius 1 is 1.23 bits per heavy atom. The van der Waals surface area contributed by atoms with Gasteiger partial charge in [0.15, 0.2) is 23.8 Å². The number of carbonyl (C=O) groups is 1. The van der Waals surface area contributed by atoms with E-state index in [1.54, 1.807) is 24.3 Å². The number of amides is 1. The van der Waals surface area contributed by atoms with Crippen molar-refractivity contribution in [2.45, 2.75) is 33.1 Å². The molecule has 1 amide bonds. The molecule has 30 heavy (non-hydrogen) atoms. The predicted octanol–water partition coefficient (Wildman–Crippen LogP) is 3.85. The van der Waals surface area contributed by atoms with Gasteiger partial charge in [0, 0.05) is 13.1 Å². The molecule has 1 aliphatic rings. The third-order valence-corrected chi connectivity index (χ3v) is 4.79. The molecule has 2 heterocycles. The first-order valence-corrected chi connectivity index (χ1v) is 9.95. The molecule has 0 atom stereocenters. The number of nitro groups is 1. The van der Waals surface area contributed by atoms with Crippen molar-refractivity contribution in [2.24, 2.45) is 0 Å². The van der Waals surface area contributed by atoms with Crippen molar-refractivity contribution in [3.8, 4) is 11.5 Å². The topological polar surface area (TPSA) is 108 Å². The van der Waals surface area contributed by atoms with Gasteiger partial charge in [-0.25, -0.2) is 0 Å². The van der Waals surface area contributed by atoms with Gasteiger partial charge in [0.1, 0.15) is 0 Å². The van der Waals surface area contributed by atoms with Gasteiger partial charge in [-0.15, -0.1) is 0 Å². The lowest BCUT2D eigenvalue weighted by Gasteiger charge is -2.26. The molecule has 9 nitrogen and oxygen atoms in total. The zero-order chi connectivity index (χ0) is 21.5. The zero-order valence-electron chi connectivity index (χ0n) is 17.1. The van der Waals surface area contributed by atoms with Gasteiger partial charge in [-0.3, -0.25) is 14.9 Å². The highest BCUT2D eigenvalue weighted by atomic mass is 16.6. The van der Waals surface area contributed by atoms with Crippen LogP contribution in [-0.2, 0) is 4.79 Å². The van der Waals surface area contributed by atoms with E-state index in [1.807, 2.05) is 11.8 Å². The lowest BCUT2D eigenvalue weighted by atomic mass is 10.1. The maximum atomic E-state index is 12.3. The van der Waals surface area contributed by atoms with Gasteiger partial charge in [0.2, 0.25) is 5.76 Å². The minimum Gasteiger partial charge on any atom is -0.490 e. The molecule has 0 unspecified atom stereocenters. The Kier molecular flexibility index (Phi) is 7.05. The summed E-state index contributed by atoms with van der Waals surface area (Å²) in [6.45, 7) is 5.31. The van der Waals surface area contributed by atoms with E-state index >= 15 is 0 Å². The van der Waals surface area contributed by atoms with E-state index in [0.29, 0.717) is 18.1 Å². The molecule has 0 N–H and O–H groups in total. The van der Waals surface area contributed by atoms with Crippen molar-refractivity contribution in [1.29, 1.82) is 0 Å². The monoisotopic (exact) mass is 415 g/mol. The molecule has 0 spiro atoms. The number of aromatic nitrogens is 1.